The van der Waals surface area contributed by atoms with Crippen LogP contribution in [0.3, 0.4) is 0 Å². The zero-order chi connectivity index (χ0) is 12.8. The van der Waals surface area contributed by atoms with Crippen molar-refractivity contribution in [3.05, 3.63) is 48.2 Å². The molecule has 4 nitrogen and oxygen atoms in total. The molecule has 90 valence electrons. The van der Waals surface area contributed by atoms with E-state index in [9.17, 15) is 4.79 Å². The van der Waals surface area contributed by atoms with E-state index in [1.54, 1.807) is 25.4 Å². The quantitative estimate of drug-likeness (QED) is 0.608. The number of aldehydes is 1. The van der Waals surface area contributed by atoms with Gasteiger partial charge in [-0.2, -0.15) is 4.98 Å². The van der Waals surface area contributed by atoms with Crippen molar-refractivity contribution in [2.45, 2.75) is 0 Å². The fourth-order valence-corrected chi connectivity index (χ4v) is 1.49. The third kappa shape index (κ3) is 2.79. The zero-order valence-corrected chi connectivity index (χ0v) is 9.91. The van der Waals surface area contributed by atoms with Crippen LogP contribution in [0.15, 0.2) is 42.6 Å². The fourth-order valence-electron chi connectivity index (χ4n) is 1.49. The summed E-state index contributed by atoms with van der Waals surface area (Å²) in [5.41, 5.74) is 1.85. The van der Waals surface area contributed by atoms with Crippen molar-refractivity contribution in [1.29, 1.82) is 0 Å². The lowest BCUT2D eigenvalue weighted by Gasteiger charge is -2.02. The van der Waals surface area contributed by atoms with Crippen LogP contribution < -0.4 is 4.74 Å². The van der Waals surface area contributed by atoms with E-state index >= 15 is 0 Å². The van der Waals surface area contributed by atoms with Gasteiger partial charge in [-0.1, -0.05) is 30.3 Å². The van der Waals surface area contributed by atoms with Crippen LogP contribution in [0.2, 0.25) is 0 Å². The molecule has 0 N–H and O–H groups in total. The lowest BCUT2D eigenvalue weighted by atomic mass is 10.1. The monoisotopic (exact) mass is 240 g/mol. The number of hydrogen-bond acceptors (Lipinski definition) is 4. The first-order chi connectivity index (χ1) is 8.83. The number of rotatable bonds is 4. The van der Waals surface area contributed by atoms with Gasteiger partial charge in [0, 0.05) is 17.8 Å². The first-order valence-corrected chi connectivity index (χ1v) is 5.43. The number of ether oxygens (including phenoxy) is 1. The molecule has 0 fully saturated rings. The molecule has 0 aliphatic heterocycles. The molecule has 0 radical (unpaired) electrons. The highest BCUT2D eigenvalue weighted by atomic mass is 16.5. The summed E-state index contributed by atoms with van der Waals surface area (Å²) in [7, 11) is 1.57. The molecule has 0 spiro atoms. The third-order valence-electron chi connectivity index (χ3n) is 2.38. The molecule has 0 saturated carbocycles. The average Bonchev–Trinajstić information content (AvgIpc) is 2.46. The summed E-state index contributed by atoms with van der Waals surface area (Å²) in [4.78, 5) is 18.6. The number of benzene rings is 1. The van der Waals surface area contributed by atoms with Crippen LogP contribution in [0.4, 0.5) is 0 Å². The average molecular weight is 240 g/mol. The van der Waals surface area contributed by atoms with E-state index in [2.05, 4.69) is 9.97 Å². The SMILES string of the molecule is COc1ccnc(-c2ccc(/C=C/C=O)cc2)n1. The molecule has 0 atom stereocenters. The Labute approximate surface area is 105 Å². The van der Waals surface area contributed by atoms with Gasteiger partial charge in [-0.3, -0.25) is 4.79 Å². The number of aromatic nitrogens is 2. The van der Waals surface area contributed by atoms with Gasteiger partial charge in [-0.25, -0.2) is 4.98 Å². The molecule has 0 unspecified atom stereocenters. The van der Waals surface area contributed by atoms with E-state index in [0.717, 1.165) is 17.4 Å². The smallest absolute Gasteiger partial charge is 0.216 e. The Morgan fingerprint density at radius 1 is 1.17 bits per heavy atom. The lowest BCUT2D eigenvalue weighted by molar-refractivity contribution is -0.104. The number of allylic oxidation sites excluding steroid dienone is 1. The molecule has 2 aromatic rings. The van der Waals surface area contributed by atoms with E-state index < -0.39 is 0 Å². The minimum absolute atomic E-state index is 0.532. The van der Waals surface area contributed by atoms with Crippen LogP contribution in [0.5, 0.6) is 5.88 Å². The highest BCUT2D eigenvalue weighted by Crippen LogP contribution is 2.18. The van der Waals surface area contributed by atoms with Gasteiger partial charge >= 0.3 is 0 Å². The van der Waals surface area contributed by atoms with Gasteiger partial charge in [-0.05, 0) is 11.6 Å². The molecule has 1 aromatic heterocycles. The maximum absolute atomic E-state index is 10.2. The molecule has 2 rings (SSSR count). The van der Waals surface area contributed by atoms with Crippen molar-refractivity contribution >= 4 is 12.4 Å². The molecule has 0 saturated heterocycles. The van der Waals surface area contributed by atoms with Gasteiger partial charge in [0.1, 0.15) is 6.29 Å². The van der Waals surface area contributed by atoms with Crippen LogP contribution in [0.1, 0.15) is 5.56 Å². The van der Waals surface area contributed by atoms with Crippen molar-refractivity contribution in [2.75, 3.05) is 7.11 Å². The molecule has 0 amide bonds. The van der Waals surface area contributed by atoms with Gasteiger partial charge in [0.2, 0.25) is 5.88 Å². The molecule has 1 aromatic carbocycles. The molecule has 0 bridgehead atoms. The van der Waals surface area contributed by atoms with Crippen LogP contribution in [-0.2, 0) is 4.79 Å². The van der Waals surface area contributed by atoms with Gasteiger partial charge in [0.15, 0.2) is 5.82 Å². The number of hydrogen-bond donors (Lipinski definition) is 0. The minimum atomic E-state index is 0.532. The largest absolute Gasteiger partial charge is 0.481 e. The molecular formula is C14H12N2O2. The molecule has 0 aliphatic carbocycles. The lowest BCUT2D eigenvalue weighted by Crippen LogP contribution is -1.92. The molecular weight excluding hydrogens is 228 g/mol. The minimum Gasteiger partial charge on any atom is -0.481 e. The van der Waals surface area contributed by atoms with Crippen LogP contribution >= 0.6 is 0 Å². The molecule has 1 heterocycles. The van der Waals surface area contributed by atoms with Crippen molar-refractivity contribution in [1.82, 2.24) is 9.97 Å². The fraction of sp³-hybridized carbons (Fsp3) is 0.0714. The van der Waals surface area contributed by atoms with Crippen LogP contribution in [-0.4, -0.2) is 23.4 Å². The van der Waals surface area contributed by atoms with Crippen molar-refractivity contribution in [3.63, 3.8) is 0 Å². The normalized spacial score (nSPS) is 10.5. The summed E-state index contributed by atoms with van der Waals surface area (Å²) in [6.45, 7) is 0. The summed E-state index contributed by atoms with van der Waals surface area (Å²) < 4.78 is 5.05. The maximum atomic E-state index is 10.2. The summed E-state index contributed by atoms with van der Waals surface area (Å²) in [6.07, 6.45) is 5.60. The predicted octanol–water partition coefficient (Wildman–Crippen LogP) is 2.36. The summed E-state index contributed by atoms with van der Waals surface area (Å²) in [6, 6.07) is 9.31. The Balaban J connectivity index is 2.28. The zero-order valence-electron chi connectivity index (χ0n) is 9.91. The number of carbonyl (C=O) groups excluding carboxylic acids is 1. The molecule has 0 aliphatic rings. The predicted molar refractivity (Wildman–Crippen MR) is 69.1 cm³/mol. The summed E-state index contributed by atoms with van der Waals surface area (Å²) in [5.74, 6) is 1.14. The molecule has 4 heteroatoms. The van der Waals surface area contributed by atoms with E-state index in [1.165, 1.54) is 6.08 Å². The Morgan fingerprint density at radius 3 is 2.61 bits per heavy atom. The maximum Gasteiger partial charge on any atom is 0.216 e. The van der Waals surface area contributed by atoms with E-state index in [1.807, 2.05) is 24.3 Å². The Hall–Kier alpha value is -2.49. The molecule has 18 heavy (non-hydrogen) atoms. The topological polar surface area (TPSA) is 52.1 Å². The van der Waals surface area contributed by atoms with Gasteiger partial charge in [0.25, 0.3) is 0 Å². The highest BCUT2D eigenvalue weighted by molar-refractivity contribution is 5.74. The third-order valence-corrected chi connectivity index (χ3v) is 2.38. The number of methoxy groups -OCH3 is 1. The van der Waals surface area contributed by atoms with Crippen LogP contribution in [0, 0.1) is 0 Å². The van der Waals surface area contributed by atoms with E-state index in [0.29, 0.717) is 11.7 Å². The second kappa shape index (κ2) is 5.72. The second-order valence-corrected chi connectivity index (χ2v) is 3.54. The standard InChI is InChI=1S/C14H12N2O2/c1-18-13-8-9-15-14(16-13)12-6-4-11(5-7-12)3-2-10-17/h2-10H,1H3/b3-2+. The van der Waals surface area contributed by atoms with Crippen molar-refractivity contribution < 1.29 is 9.53 Å². The Bertz CT molecular complexity index is 562. The summed E-state index contributed by atoms with van der Waals surface area (Å²) in [5, 5.41) is 0. The number of nitrogens with zero attached hydrogens (tertiary/aromatic N) is 2. The van der Waals surface area contributed by atoms with Gasteiger partial charge < -0.3 is 4.74 Å². The second-order valence-electron chi connectivity index (χ2n) is 3.54. The first-order valence-electron chi connectivity index (χ1n) is 5.43. The van der Waals surface area contributed by atoms with E-state index in [4.69, 9.17) is 4.74 Å². The van der Waals surface area contributed by atoms with Crippen molar-refractivity contribution in [3.8, 4) is 17.3 Å². The van der Waals surface area contributed by atoms with Crippen molar-refractivity contribution in [2.24, 2.45) is 0 Å². The highest BCUT2D eigenvalue weighted by Gasteiger charge is 2.02. The Kier molecular flexibility index (Phi) is 3.81. The van der Waals surface area contributed by atoms with Crippen LogP contribution in [0.25, 0.3) is 17.5 Å². The van der Waals surface area contributed by atoms with Gasteiger partial charge in [0.05, 0.1) is 7.11 Å². The summed E-state index contributed by atoms with van der Waals surface area (Å²) >= 11 is 0. The first kappa shape index (κ1) is 12.0. The van der Waals surface area contributed by atoms with E-state index in [-0.39, 0.29) is 0 Å². The number of carbonyl (C=O) groups is 1. The Morgan fingerprint density at radius 2 is 1.94 bits per heavy atom. The van der Waals surface area contributed by atoms with Gasteiger partial charge in [-0.15, -0.1) is 0 Å².